The van der Waals surface area contributed by atoms with Crippen LogP contribution in [0.3, 0.4) is 0 Å². The maximum Gasteiger partial charge on any atom is 0.260 e. The molecule has 0 N–H and O–H groups in total. The molecule has 2 heterocycles. The summed E-state index contributed by atoms with van der Waals surface area (Å²) in [6.45, 7) is 0.548. The van der Waals surface area contributed by atoms with Crippen molar-refractivity contribution in [1.82, 2.24) is 9.80 Å². The molecule has 22 heavy (non-hydrogen) atoms. The number of hydrogen-bond acceptors (Lipinski definition) is 4. The van der Waals surface area contributed by atoms with Crippen LogP contribution in [-0.4, -0.2) is 53.3 Å². The van der Waals surface area contributed by atoms with Gasteiger partial charge in [-0.2, -0.15) is 0 Å². The van der Waals surface area contributed by atoms with Crippen molar-refractivity contribution in [2.75, 3.05) is 19.7 Å². The molecule has 7 heteroatoms. The third-order valence-electron chi connectivity index (χ3n) is 3.85. The van der Waals surface area contributed by atoms with E-state index in [1.54, 1.807) is 0 Å². The number of benzene rings is 1. The molecule has 3 rings (SSSR count). The highest BCUT2D eigenvalue weighted by molar-refractivity contribution is 6.02. The zero-order valence-electron chi connectivity index (χ0n) is 11.8. The predicted molar refractivity (Wildman–Crippen MR) is 73.4 cm³/mol. The summed E-state index contributed by atoms with van der Waals surface area (Å²) in [4.78, 5) is 37.9. The van der Waals surface area contributed by atoms with Crippen LogP contribution < -0.4 is 4.74 Å². The average molecular weight is 306 g/mol. The van der Waals surface area contributed by atoms with Crippen molar-refractivity contribution < 1.29 is 23.5 Å². The molecule has 0 bridgehead atoms. The Morgan fingerprint density at radius 3 is 2.32 bits per heavy atom. The molecule has 3 amide bonds. The highest BCUT2D eigenvalue weighted by Gasteiger charge is 2.42. The van der Waals surface area contributed by atoms with Crippen LogP contribution in [-0.2, 0) is 14.4 Å². The smallest absolute Gasteiger partial charge is 0.260 e. The van der Waals surface area contributed by atoms with Gasteiger partial charge < -0.3 is 9.64 Å². The van der Waals surface area contributed by atoms with E-state index in [4.69, 9.17) is 4.74 Å². The van der Waals surface area contributed by atoms with Crippen molar-refractivity contribution in [2.24, 2.45) is 0 Å². The van der Waals surface area contributed by atoms with Crippen molar-refractivity contribution in [3.05, 3.63) is 30.1 Å². The lowest BCUT2D eigenvalue weighted by atomic mass is 10.1. The maximum absolute atomic E-state index is 12.7. The Hall–Kier alpha value is -2.44. The van der Waals surface area contributed by atoms with Crippen LogP contribution in [0.25, 0.3) is 0 Å². The first-order chi connectivity index (χ1) is 10.5. The molecule has 2 saturated heterocycles. The summed E-state index contributed by atoms with van der Waals surface area (Å²) in [7, 11) is 0. The summed E-state index contributed by atoms with van der Waals surface area (Å²) < 4.78 is 18.0. The molecule has 0 spiro atoms. The first-order valence-corrected chi connectivity index (χ1v) is 7.05. The van der Waals surface area contributed by atoms with Gasteiger partial charge in [0.25, 0.3) is 5.91 Å². The number of rotatable bonds is 4. The van der Waals surface area contributed by atoms with Gasteiger partial charge in [0.15, 0.2) is 6.61 Å². The molecule has 0 atom stereocenters. The predicted octanol–water partition coefficient (Wildman–Crippen LogP) is 0.564. The van der Waals surface area contributed by atoms with E-state index in [1.807, 2.05) is 0 Å². The van der Waals surface area contributed by atoms with Crippen LogP contribution in [0.2, 0.25) is 0 Å². The van der Waals surface area contributed by atoms with Crippen LogP contribution in [0.5, 0.6) is 5.75 Å². The summed E-state index contributed by atoms with van der Waals surface area (Å²) in [5.74, 6) is -0.505. The second-order valence-electron chi connectivity index (χ2n) is 5.35. The van der Waals surface area contributed by atoms with Gasteiger partial charge >= 0.3 is 0 Å². The quantitative estimate of drug-likeness (QED) is 0.763. The minimum atomic E-state index is -0.371. The van der Waals surface area contributed by atoms with E-state index >= 15 is 0 Å². The van der Waals surface area contributed by atoms with E-state index in [-0.39, 0.29) is 49.0 Å². The van der Waals surface area contributed by atoms with Gasteiger partial charge in [0.2, 0.25) is 11.8 Å². The van der Waals surface area contributed by atoms with Crippen LogP contribution in [0, 0.1) is 5.82 Å². The van der Waals surface area contributed by atoms with E-state index in [0.29, 0.717) is 18.8 Å². The van der Waals surface area contributed by atoms with Crippen molar-refractivity contribution in [1.29, 1.82) is 0 Å². The van der Waals surface area contributed by atoms with E-state index in [0.717, 1.165) is 0 Å². The van der Waals surface area contributed by atoms with Gasteiger partial charge in [0.1, 0.15) is 11.6 Å². The number of nitrogens with zero attached hydrogens (tertiary/aromatic N) is 2. The lowest BCUT2D eigenvalue weighted by Crippen LogP contribution is -2.62. The Labute approximate surface area is 126 Å². The highest BCUT2D eigenvalue weighted by atomic mass is 19.1. The first-order valence-electron chi connectivity index (χ1n) is 7.05. The highest BCUT2D eigenvalue weighted by Crippen LogP contribution is 2.22. The lowest BCUT2D eigenvalue weighted by molar-refractivity contribution is -0.152. The van der Waals surface area contributed by atoms with Crippen molar-refractivity contribution in [3.8, 4) is 5.75 Å². The number of likely N-dealkylation sites (tertiary alicyclic amines) is 2. The third-order valence-corrected chi connectivity index (χ3v) is 3.85. The molecule has 1 aromatic rings. The topological polar surface area (TPSA) is 66.9 Å². The summed E-state index contributed by atoms with van der Waals surface area (Å²) in [5, 5.41) is 0. The number of carbonyl (C=O) groups excluding carboxylic acids is 3. The second-order valence-corrected chi connectivity index (χ2v) is 5.35. The number of imide groups is 1. The van der Waals surface area contributed by atoms with Crippen LogP contribution in [0.1, 0.15) is 12.8 Å². The van der Waals surface area contributed by atoms with Crippen LogP contribution >= 0.6 is 0 Å². The van der Waals surface area contributed by atoms with Crippen LogP contribution in [0.4, 0.5) is 4.39 Å². The molecule has 2 aliphatic rings. The molecule has 0 radical (unpaired) electrons. The van der Waals surface area contributed by atoms with Crippen molar-refractivity contribution in [3.63, 3.8) is 0 Å². The molecule has 0 aromatic heterocycles. The molecule has 0 saturated carbocycles. The minimum Gasteiger partial charge on any atom is -0.484 e. The van der Waals surface area contributed by atoms with Gasteiger partial charge in [-0.25, -0.2) is 4.39 Å². The molecule has 2 aliphatic heterocycles. The molecule has 116 valence electrons. The van der Waals surface area contributed by atoms with E-state index < -0.39 is 0 Å². The van der Waals surface area contributed by atoms with Gasteiger partial charge in [-0.3, -0.25) is 19.3 Å². The number of ether oxygens (including phenoxy) is 1. The fourth-order valence-corrected chi connectivity index (χ4v) is 2.59. The molecule has 2 fully saturated rings. The third kappa shape index (κ3) is 2.79. The largest absolute Gasteiger partial charge is 0.484 e. The second kappa shape index (κ2) is 5.75. The molecule has 6 nitrogen and oxygen atoms in total. The number of amides is 3. The first kappa shape index (κ1) is 14.5. The van der Waals surface area contributed by atoms with Gasteiger partial charge in [-0.15, -0.1) is 0 Å². The Morgan fingerprint density at radius 2 is 1.73 bits per heavy atom. The maximum atomic E-state index is 12.7. The minimum absolute atomic E-state index is 0.153. The molecule has 1 aromatic carbocycles. The van der Waals surface area contributed by atoms with E-state index in [1.165, 1.54) is 34.1 Å². The Kier molecular flexibility index (Phi) is 3.79. The normalized spacial score (nSPS) is 18.6. The number of carbonyl (C=O) groups is 3. The number of hydrogen-bond donors (Lipinski definition) is 0. The molecular formula is C15H15FN2O4. The van der Waals surface area contributed by atoms with Gasteiger partial charge in [-0.05, 0) is 24.3 Å². The average Bonchev–Trinajstić information content (AvgIpc) is 2.77. The van der Waals surface area contributed by atoms with E-state index in [2.05, 4.69) is 0 Å². The molecule has 0 aliphatic carbocycles. The Bertz CT molecular complexity index is 594. The van der Waals surface area contributed by atoms with Gasteiger partial charge in [0.05, 0.1) is 6.04 Å². The summed E-state index contributed by atoms with van der Waals surface area (Å²) in [6.07, 6.45) is 0.522. The SMILES string of the molecule is O=C(COc1ccc(F)cc1)N1CC(N2C(=O)CCC2=O)C1. The van der Waals surface area contributed by atoms with E-state index in [9.17, 15) is 18.8 Å². The molecule has 0 unspecified atom stereocenters. The van der Waals surface area contributed by atoms with Crippen LogP contribution in [0.15, 0.2) is 24.3 Å². The zero-order chi connectivity index (χ0) is 15.7. The Morgan fingerprint density at radius 1 is 1.14 bits per heavy atom. The summed E-state index contributed by atoms with van der Waals surface area (Å²) >= 11 is 0. The lowest BCUT2D eigenvalue weighted by Gasteiger charge is -2.42. The molecular weight excluding hydrogens is 291 g/mol. The van der Waals surface area contributed by atoms with Gasteiger partial charge in [-0.1, -0.05) is 0 Å². The number of halogens is 1. The van der Waals surface area contributed by atoms with Gasteiger partial charge in [0, 0.05) is 25.9 Å². The fraction of sp³-hybridized carbons (Fsp3) is 0.400. The summed E-state index contributed by atoms with van der Waals surface area (Å²) in [6, 6.07) is 5.19. The summed E-state index contributed by atoms with van der Waals surface area (Å²) in [5.41, 5.74) is 0. The van der Waals surface area contributed by atoms with Crippen molar-refractivity contribution in [2.45, 2.75) is 18.9 Å². The zero-order valence-corrected chi connectivity index (χ0v) is 11.8. The van der Waals surface area contributed by atoms with Crippen molar-refractivity contribution >= 4 is 17.7 Å². The fourth-order valence-electron chi connectivity index (χ4n) is 2.59. The Balaban J connectivity index is 1.46. The monoisotopic (exact) mass is 306 g/mol. The standard InChI is InChI=1S/C15H15FN2O4/c16-10-1-3-12(4-2-10)22-9-15(21)17-7-11(8-17)18-13(19)5-6-14(18)20/h1-4,11H,5-9H2.